The first-order valence-electron chi connectivity index (χ1n) is 6.33. The van der Waals surface area contributed by atoms with Gasteiger partial charge in [-0.05, 0) is 24.0 Å². The largest absolute Gasteiger partial charge is 0.347 e. The molecule has 0 bridgehead atoms. The Bertz CT molecular complexity index is 508. The first kappa shape index (κ1) is 11.7. The van der Waals surface area contributed by atoms with E-state index in [1.807, 2.05) is 0 Å². The molecule has 0 unspecified atom stereocenters. The minimum absolute atomic E-state index is 0.532. The summed E-state index contributed by atoms with van der Waals surface area (Å²) < 4.78 is 0. The summed E-state index contributed by atoms with van der Waals surface area (Å²) in [5.41, 5.74) is 9.58. The lowest BCUT2D eigenvalue weighted by atomic mass is 10.0. The molecule has 0 saturated heterocycles. The summed E-state index contributed by atoms with van der Waals surface area (Å²) >= 11 is 1.70. The van der Waals surface area contributed by atoms with Gasteiger partial charge in [-0.15, -0.1) is 11.3 Å². The Morgan fingerprint density at radius 2 is 1.83 bits per heavy atom. The van der Waals surface area contributed by atoms with Crippen LogP contribution in [0, 0.1) is 0 Å². The van der Waals surface area contributed by atoms with Crippen molar-refractivity contribution in [1.82, 2.24) is 4.98 Å². The summed E-state index contributed by atoms with van der Waals surface area (Å²) in [7, 11) is 0. The van der Waals surface area contributed by atoms with Gasteiger partial charge in [0, 0.05) is 25.0 Å². The SMILES string of the molecule is NCc1csc(N2CCc3ccccc3CC2)n1. The number of thiazole rings is 1. The number of aromatic nitrogens is 1. The van der Waals surface area contributed by atoms with Gasteiger partial charge >= 0.3 is 0 Å². The van der Waals surface area contributed by atoms with Gasteiger partial charge in [-0.2, -0.15) is 0 Å². The fourth-order valence-electron chi connectivity index (χ4n) is 2.39. The minimum Gasteiger partial charge on any atom is -0.347 e. The van der Waals surface area contributed by atoms with Crippen LogP contribution in [0.25, 0.3) is 0 Å². The van der Waals surface area contributed by atoms with Gasteiger partial charge in [-0.25, -0.2) is 4.98 Å². The van der Waals surface area contributed by atoms with Gasteiger partial charge in [0.2, 0.25) is 0 Å². The highest BCUT2D eigenvalue weighted by molar-refractivity contribution is 7.13. The number of nitrogens with zero attached hydrogens (tertiary/aromatic N) is 2. The van der Waals surface area contributed by atoms with Crippen LogP contribution >= 0.6 is 11.3 Å². The molecule has 1 aliphatic rings. The smallest absolute Gasteiger partial charge is 0.185 e. The van der Waals surface area contributed by atoms with Gasteiger partial charge in [0.1, 0.15) is 0 Å². The number of hydrogen-bond donors (Lipinski definition) is 1. The standard InChI is InChI=1S/C14H17N3S/c15-9-13-10-18-14(16-13)17-7-5-11-3-1-2-4-12(11)6-8-17/h1-4,10H,5-9,15H2. The number of hydrogen-bond acceptors (Lipinski definition) is 4. The lowest BCUT2D eigenvalue weighted by molar-refractivity contribution is 0.797. The zero-order chi connectivity index (χ0) is 12.4. The molecule has 3 rings (SSSR count). The van der Waals surface area contributed by atoms with E-state index in [2.05, 4.69) is 39.5 Å². The lowest BCUT2D eigenvalue weighted by Gasteiger charge is -2.18. The van der Waals surface area contributed by atoms with Crippen molar-refractivity contribution >= 4 is 16.5 Å². The first-order chi connectivity index (χ1) is 8.86. The maximum Gasteiger partial charge on any atom is 0.185 e. The highest BCUT2D eigenvalue weighted by atomic mass is 32.1. The monoisotopic (exact) mass is 259 g/mol. The number of rotatable bonds is 2. The van der Waals surface area contributed by atoms with Crippen molar-refractivity contribution in [3.05, 3.63) is 46.5 Å². The molecule has 0 amide bonds. The Morgan fingerprint density at radius 1 is 1.17 bits per heavy atom. The van der Waals surface area contributed by atoms with Crippen LogP contribution in [0.5, 0.6) is 0 Å². The quantitative estimate of drug-likeness (QED) is 0.899. The van der Waals surface area contributed by atoms with Crippen molar-refractivity contribution in [2.75, 3.05) is 18.0 Å². The molecular weight excluding hydrogens is 242 g/mol. The van der Waals surface area contributed by atoms with E-state index >= 15 is 0 Å². The van der Waals surface area contributed by atoms with Crippen LogP contribution in [0.2, 0.25) is 0 Å². The van der Waals surface area contributed by atoms with E-state index in [0.717, 1.165) is 36.8 Å². The van der Waals surface area contributed by atoms with Gasteiger partial charge in [0.05, 0.1) is 5.69 Å². The highest BCUT2D eigenvalue weighted by Gasteiger charge is 2.16. The van der Waals surface area contributed by atoms with Crippen molar-refractivity contribution < 1.29 is 0 Å². The number of benzene rings is 1. The van der Waals surface area contributed by atoms with Crippen LogP contribution in [-0.2, 0) is 19.4 Å². The van der Waals surface area contributed by atoms with Crippen LogP contribution in [-0.4, -0.2) is 18.1 Å². The highest BCUT2D eigenvalue weighted by Crippen LogP contribution is 2.24. The average molecular weight is 259 g/mol. The predicted molar refractivity (Wildman–Crippen MR) is 76.1 cm³/mol. The maximum atomic E-state index is 5.62. The second-order valence-electron chi connectivity index (χ2n) is 4.58. The molecule has 1 aliphatic heterocycles. The van der Waals surface area contributed by atoms with Gasteiger partial charge in [0.15, 0.2) is 5.13 Å². The molecule has 0 fully saturated rings. The van der Waals surface area contributed by atoms with Crippen LogP contribution in [0.1, 0.15) is 16.8 Å². The molecule has 2 aromatic rings. The molecule has 0 saturated carbocycles. The third-order valence-corrected chi connectivity index (χ3v) is 4.39. The van der Waals surface area contributed by atoms with Crippen LogP contribution in [0.3, 0.4) is 0 Å². The third kappa shape index (κ3) is 2.26. The fourth-order valence-corrected chi connectivity index (χ4v) is 3.29. The fraction of sp³-hybridized carbons (Fsp3) is 0.357. The molecule has 4 heteroatoms. The molecule has 0 radical (unpaired) electrons. The minimum atomic E-state index is 0.532. The van der Waals surface area contributed by atoms with Gasteiger partial charge in [-0.3, -0.25) is 0 Å². The van der Waals surface area contributed by atoms with E-state index in [0.29, 0.717) is 6.54 Å². The Kier molecular flexibility index (Phi) is 3.30. The predicted octanol–water partition coefficient (Wildman–Crippen LogP) is 2.21. The summed E-state index contributed by atoms with van der Waals surface area (Å²) in [5, 5.41) is 3.18. The molecule has 1 aromatic heterocycles. The van der Waals surface area contributed by atoms with E-state index in [-0.39, 0.29) is 0 Å². The van der Waals surface area contributed by atoms with Gasteiger partial charge in [-0.1, -0.05) is 24.3 Å². The molecule has 2 N–H and O–H groups in total. The summed E-state index contributed by atoms with van der Waals surface area (Å²) in [6.07, 6.45) is 2.21. The molecule has 2 heterocycles. The summed E-state index contributed by atoms with van der Waals surface area (Å²) in [6, 6.07) is 8.74. The van der Waals surface area contributed by atoms with Gasteiger partial charge in [0.25, 0.3) is 0 Å². The molecule has 18 heavy (non-hydrogen) atoms. The second kappa shape index (κ2) is 5.08. The van der Waals surface area contributed by atoms with E-state index in [4.69, 9.17) is 5.73 Å². The van der Waals surface area contributed by atoms with E-state index in [9.17, 15) is 0 Å². The van der Waals surface area contributed by atoms with Crippen molar-refractivity contribution in [3.8, 4) is 0 Å². The van der Waals surface area contributed by atoms with Crippen molar-refractivity contribution in [2.45, 2.75) is 19.4 Å². The Balaban J connectivity index is 1.78. The molecule has 1 aromatic carbocycles. The zero-order valence-corrected chi connectivity index (χ0v) is 11.1. The van der Waals surface area contributed by atoms with Crippen LogP contribution < -0.4 is 10.6 Å². The van der Waals surface area contributed by atoms with E-state index in [1.54, 1.807) is 11.3 Å². The Labute approximate surface area is 111 Å². The molecule has 0 spiro atoms. The van der Waals surface area contributed by atoms with Crippen molar-refractivity contribution in [1.29, 1.82) is 0 Å². The summed E-state index contributed by atoms with van der Waals surface area (Å²) in [6.45, 7) is 2.63. The normalized spacial score (nSPS) is 15.3. The van der Waals surface area contributed by atoms with E-state index < -0.39 is 0 Å². The van der Waals surface area contributed by atoms with Crippen LogP contribution in [0.15, 0.2) is 29.6 Å². The number of nitrogens with two attached hydrogens (primary N) is 1. The Hall–Kier alpha value is -1.39. The molecule has 3 nitrogen and oxygen atoms in total. The lowest BCUT2D eigenvalue weighted by Crippen LogP contribution is -2.25. The molecular formula is C14H17N3S. The van der Waals surface area contributed by atoms with Gasteiger partial charge < -0.3 is 10.6 Å². The molecule has 94 valence electrons. The topological polar surface area (TPSA) is 42.1 Å². The average Bonchev–Trinajstić information content (AvgIpc) is 2.79. The van der Waals surface area contributed by atoms with Crippen LogP contribution in [0.4, 0.5) is 5.13 Å². The Morgan fingerprint density at radius 3 is 2.39 bits per heavy atom. The third-order valence-electron chi connectivity index (χ3n) is 3.44. The maximum absolute atomic E-state index is 5.62. The summed E-state index contributed by atoms with van der Waals surface area (Å²) in [4.78, 5) is 6.96. The molecule has 0 aliphatic carbocycles. The second-order valence-corrected chi connectivity index (χ2v) is 5.42. The van der Waals surface area contributed by atoms with Crippen molar-refractivity contribution in [3.63, 3.8) is 0 Å². The zero-order valence-electron chi connectivity index (χ0n) is 10.3. The van der Waals surface area contributed by atoms with Crippen molar-refractivity contribution in [2.24, 2.45) is 5.73 Å². The molecule has 0 atom stereocenters. The summed E-state index contributed by atoms with van der Waals surface area (Å²) in [5.74, 6) is 0. The van der Waals surface area contributed by atoms with E-state index in [1.165, 1.54) is 11.1 Å². The number of anilines is 1. The first-order valence-corrected chi connectivity index (χ1v) is 7.21. The number of fused-ring (bicyclic) bond motifs is 1.